The van der Waals surface area contributed by atoms with Crippen LogP contribution in [0.15, 0.2) is 22.8 Å². The number of carbonyl (C=O) groups is 2. The number of rotatable bonds is 2. The molecule has 0 aliphatic carbocycles. The summed E-state index contributed by atoms with van der Waals surface area (Å²) < 4.78 is 5.16. The lowest BCUT2D eigenvalue weighted by atomic mass is 10.2. The first kappa shape index (κ1) is 8.80. The van der Waals surface area contributed by atoms with Gasteiger partial charge in [0.25, 0.3) is 0 Å². The zero-order valence-corrected chi connectivity index (χ0v) is 7.69. The van der Waals surface area contributed by atoms with Crippen LogP contribution in [0, 0.1) is 0 Å². The third-order valence-electron chi connectivity index (χ3n) is 2.24. The number of imide groups is 1. The third-order valence-corrected chi connectivity index (χ3v) is 2.24. The molecule has 5 heteroatoms. The second-order valence-electron chi connectivity index (χ2n) is 3.17. The normalized spacial score (nSPS) is 18.5. The largest absolute Gasteiger partial charge is 0.467 e. The highest BCUT2D eigenvalue weighted by atomic mass is 16.3. The van der Waals surface area contributed by atoms with E-state index < -0.39 is 0 Å². The van der Waals surface area contributed by atoms with Crippen LogP contribution in [0.1, 0.15) is 18.7 Å². The topological polar surface area (TPSA) is 62.6 Å². The smallest absolute Gasteiger partial charge is 0.325 e. The molecule has 1 atom stereocenters. The number of nitrogens with one attached hydrogen (secondary N) is 1. The van der Waals surface area contributed by atoms with E-state index in [9.17, 15) is 9.59 Å². The van der Waals surface area contributed by atoms with Gasteiger partial charge in [-0.25, -0.2) is 4.79 Å². The molecule has 0 saturated carbocycles. The Morgan fingerprint density at radius 2 is 2.36 bits per heavy atom. The summed E-state index contributed by atoms with van der Waals surface area (Å²) in [6, 6.07) is 2.96. The van der Waals surface area contributed by atoms with E-state index in [1.54, 1.807) is 18.4 Å². The van der Waals surface area contributed by atoms with E-state index in [4.69, 9.17) is 4.42 Å². The molecule has 1 unspecified atom stereocenters. The maximum atomic E-state index is 11.3. The molecule has 14 heavy (non-hydrogen) atoms. The Kier molecular flexibility index (Phi) is 1.99. The van der Waals surface area contributed by atoms with Crippen molar-refractivity contribution < 1.29 is 14.0 Å². The van der Waals surface area contributed by atoms with Gasteiger partial charge in [0.05, 0.1) is 12.3 Å². The minimum Gasteiger partial charge on any atom is -0.467 e. The van der Waals surface area contributed by atoms with Crippen molar-refractivity contribution in [2.75, 3.05) is 6.54 Å². The quantitative estimate of drug-likeness (QED) is 0.711. The monoisotopic (exact) mass is 194 g/mol. The average molecular weight is 194 g/mol. The molecule has 74 valence electrons. The Hall–Kier alpha value is -1.78. The lowest BCUT2D eigenvalue weighted by Crippen LogP contribution is -2.30. The van der Waals surface area contributed by atoms with Gasteiger partial charge in [-0.3, -0.25) is 10.1 Å². The van der Waals surface area contributed by atoms with Crippen molar-refractivity contribution in [1.29, 1.82) is 0 Å². The molecule has 2 heterocycles. The summed E-state index contributed by atoms with van der Waals surface area (Å²) in [5.74, 6) is 0.406. The molecular formula is C9H10N2O3. The Labute approximate surface area is 80.7 Å². The van der Waals surface area contributed by atoms with E-state index >= 15 is 0 Å². The van der Waals surface area contributed by atoms with E-state index in [-0.39, 0.29) is 24.5 Å². The predicted octanol–water partition coefficient (Wildman–Crippen LogP) is 0.892. The molecule has 0 radical (unpaired) electrons. The Bertz CT molecular complexity index is 358. The first-order valence-electron chi connectivity index (χ1n) is 4.32. The molecule has 0 spiro atoms. The lowest BCUT2D eigenvalue weighted by Gasteiger charge is -2.19. The molecule has 1 aliphatic rings. The van der Waals surface area contributed by atoms with Crippen molar-refractivity contribution in [1.82, 2.24) is 10.2 Å². The zero-order valence-electron chi connectivity index (χ0n) is 7.69. The maximum Gasteiger partial charge on any atom is 0.325 e. The number of nitrogens with zero attached hydrogens (tertiary/aromatic N) is 1. The maximum absolute atomic E-state index is 11.3. The molecule has 1 fully saturated rings. The first-order valence-corrected chi connectivity index (χ1v) is 4.32. The number of amides is 3. The first-order chi connectivity index (χ1) is 6.68. The Balaban J connectivity index is 2.16. The number of carbonyl (C=O) groups excluding carboxylic acids is 2. The summed E-state index contributed by atoms with van der Waals surface area (Å²) in [5.41, 5.74) is 0. The molecule has 0 aromatic carbocycles. The Morgan fingerprint density at radius 1 is 1.57 bits per heavy atom. The fourth-order valence-corrected chi connectivity index (χ4v) is 1.45. The van der Waals surface area contributed by atoms with Crippen molar-refractivity contribution >= 4 is 11.9 Å². The van der Waals surface area contributed by atoms with Gasteiger partial charge < -0.3 is 9.32 Å². The highest BCUT2D eigenvalue weighted by molar-refractivity contribution is 6.02. The summed E-state index contributed by atoms with van der Waals surface area (Å²) in [5, 5.41) is 2.22. The molecule has 5 nitrogen and oxygen atoms in total. The van der Waals surface area contributed by atoms with Gasteiger partial charge in [0.15, 0.2) is 0 Å². The molecule has 1 aliphatic heterocycles. The van der Waals surface area contributed by atoms with Crippen LogP contribution in [0.25, 0.3) is 0 Å². The van der Waals surface area contributed by atoms with E-state index in [0.717, 1.165) is 0 Å². The molecule has 2 rings (SSSR count). The SMILES string of the molecule is CC(c1ccco1)N1CC(=O)NC1=O. The third kappa shape index (κ3) is 1.37. The average Bonchev–Trinajstić information content (AvgIpc) is 2.73. The molecule has 1 aromatic heterocycles. The minimum absolute atomic E-state index is 0.0979. The molecule has 1 aromatic rings. The number of hydrogen-bond donors (Lipinski definition) is 1. The van der Waals surface area contributed by atoms with Crippen LogP contribution in [0.2, 0.25) is 0 Å². The van der Waals surface area contributed by atoms with Crippen LogP contribution in [-0.4, -0.2) is 23.4 Å². The fourth-order valence-electron chi connectivity index (χ4n) is 1.45. The fraction of sp³-hybridized carbons (Fsp3) is 0.333. The van der Waals surface area contributed by atoms with Crippen LogP contribution in [0.5, 0.6) is 0 Å². The van der Waals surface area contributed by atoms with E-state index in [2.05, 4.69) is 5.32 Å². The predicted molar refractivity (Wildman–Crippen MR) is 47.4 cm³/mol. The van der Waals surface area contributed by atoms with Crippen LogP contribution in [0.4, 0.5) is 4.79 Å². The molecule has 3 amide bonds. The number of urea groups is 1. The van der Waals surface area contributed by atoms with Crippen molar-refractivity contribution in [2.45, 2.75) is 13.0 Å². The summed E-state index contributed by atoms with van der Waals surface area (Å²) in [7, 11) is 0. The molecule has 0 bridgehead atoms. The van der Waals surface area contributed by atoms with E-state index in [1.807, 2.05) is 6.92 Å². The van der Waals surface area contributed by atoms with E-state index in [1.165, 1.54) is 4.90 Å². The molecule has 1 N–H and O–H groups in total. The number of hydrogen-bond acceptors (Lipinski definition) is 3. The van der Waals surface area contributed by atoms with Gasteiger partial charge in [-0.1, -0.05) is 0 Å². The number of furan rings is 1. The van der Waals surface area contributed by atoms with Crippen LogP contribution < -0.4 is 5.32 Å². The van der Waals surface area contributed by atoms with Gasteiger partial charge in [0, 0.05) is 0 Å². The summed E-state index contributed by atoms with van der Waals surface area (Å²) >= 11 is 0. The second kappa shape index (κ2) is 3.17. The zero-order chi connectivity index (χ0) is 10.1. The van der Waals surface area contributed by atoms with Crippen LogP contribution >= 0.6 is 0 Å². The minimum atomic E-state index is -0.362. The highest BCUT2D eigenvalue weighted by Gasteiger charge is 2.32. The lowest BCUT2D eigenvalue weighted by molar-refractivity contribution is -0.118. The van der Waals surface area contributed by atoms with Gasteiger partial charge in [-0.15, -0.1) is 0 Å². The van der Waals surface area contributed by atoms with Crippen LogP contribution in [-0.2, 0) is 4.79 Å². The highest BCUT2D eigenvalue weighted by Crippen LogP contribution is 2.21. The molecular weight excluding hydrogens is 184 g/mol. The van der Waals surface area contributed by atoms with Gasteiger partial charge in [0.2, 0.25) is 5.91 Å². The van der Waals surface area contributed by atoms with Crippen molar-refractivity contribution in [2.24, 2.45) is 0 Å². The van der Waals surface area contributed by atoms with Gasteiger partial charge in [-0.2, -0.15) is 0 Å². The standard InChI is InChI=1S/C9H10N2O3/c1-6(7-3-2-4-14-7)11-5-8(12)10-9(11)13/h2-4,6H,5H2,1H3,(H,10,12,13). The van der Waals surface area contributed by atoms with Gasteiger partial charge in [-0.05, 0) is 19.1 Å². The molecule has 1 saturated heterocycles. The second-order valence-corrected chi connectivity index (χ2v) is 3.17. The summed E-state index contributed by atoms with van der Waals surface area (Å²) in [4.78, 5) is 23.6. The Morgan fingerprint density at radius 3 is 2.86 bits per heavy atom. The van der Waals surface area contributed by atoms with Crippen molar-refractivity contribution in [3.05, 3.63) is 24.2 Å². The van der Waals surface area contributed by atoms with Gasteiger partial charge >= 0.3 is 6.03 Å². The van der Waals surface area contributed by atoms with Gasteiger partial charge in [0.1, 0.15) is 12.3 Å². The van der Waals surface area contributed by atoms with Crippen molar-refractivity contribution in [3.8, 4) is 0 Å². The summed E-state index contributed by atoms with van der Waals surface area (Å²) in [6.07, 6.45) is 1.54. The van der Waals surface area contributed by atoms with Crippen molar-refractivity contribution in [3.63, 3.8) is 0 Å². The van der Waals surface area contributed by atoms with Crippen LogP contribution in [0.3, 0.4) is 0 Å². The van der Waals surface area contributed by atoms with E-state index in [0.29, 0.717) is 5.76 Å². The summed E-state index contributed by atoms with van der Waals surface area (Å²) in [6.45, 7) is 1.91.